The van der Waals surface area contributed by atoms with Gasteiger partial charge in [-0.1, -0.05) is 18.5 Å². The Labute approximate surface area is 128 Å². The quantitative estimate of drug-likeness (QED) is 0.913. The van der Waals surface area contributed by atoms with E-state index in [0.29, 0.717) is 18.0 Å². The van der Waals surface area contributed by atoms with Crippen LogP contribution >= 0.6 is 11.6 Å². The first-order valence-electron chi connectivity index (χ1n) is 6.94. The minimum Gasteiger partial charge on any atom is -0.380 e. The zero-order chi connectivity index (χ0) is 15.0. The molecule has 5 nitrogen and oxygen atoms in total. The summed E-state index contributed by atoms with van der Waals surface area (Å²) in [4.78, 5) is 11.4. The predicted molar refractivity (Wildman–Crippen MR) is 83.7 cm³/mol. The number of nitrogens with zero attached hydrogens (tertiary/aromatic N) is 2. The molecule has 0 radical (unpaired) electrons. The maximum atomic E-state index is 11.4. The highest BCUT2D eigenvalue weighted by molar-refractivity contribution is 6.33. The lowest BCUT2D eigenvalue weighted by atomic mass is 10.1. The van der Waals surface area contributed by atoms with Crippen molar-refractivity contribution in [2.75, 3.05) is 10.6 Å². The molecule has 0 unspecified atom stereocenters. The van der Waals surface area contributed by atoms with Crippen molar-refractivity contribution in [2.24, 2.45) is 7.05 Å². The lowest BCUT2D eigenvalue weighted by Gasteiger charge is -2.10. The summed E-state index contributed by atoms with van der Waals surface area (Å²) in [6.07, 6.45) is 3.32. The summed E-state index contributed by atoms with van der Waals surface area (Å²) in [5.41, 5.74) is 4.88. The smallest absolute Gasteiger partial charge is 0.228 e. The second-order valence-corrected chi connectivity index (χ2v) is 5.60. The third-order valence-electron chi connectivity index (χ3n) is 3.61. The molecule has 2 heterocycles. The van der Waals surface area contributed by atoms with Crippen LogP contribution in [0.25, 0.3) is 0 Å². The second kappa shape index (κ2) is 5.41. The zero-order valence-electron chi connectivity index (χ0n) is 12.0. The molecule has 0 fully saturated rings. The maximum Gasteiger partial charge on any atom is 0.228 e. The molecule has 1 aliphatic heterocycles. The van der Waals surface area contributed by atoms with Crippen LogP contribution < -0.4 is 10.6 Å². The molecule has 0 aliphatic carbocycles. The number of aryl methyl sites for hydroxylation is 2. The summed E-state index contributed by atoms with van der Waals surface area (Å²) in [7, 11) is 1.92. The van der Waals surface area contributed by atoms with E-state index in [-0.39, 0.29) is 5.91 Å². The summed E-state index contributed by atoms with van der Waals surface area (Å²) in [5, 5.41) is 11.2. The van der Waals surface area contributed by atoms with Crippen molar-refractivity contribution in [3.8, 4) is 0 Å². The molecule has 1 amide bonds. The molecule has 0 saturated heterocycles. The molecule has 1 aromatic heterocycles. The molecular weight excluding hydrogens is 288 g/mol. The third kappa shape index (κ3) is 2.74. The summed E-state index contributed by atoms with van der Waals surface area (Å²) in [6, 6.07) is 3.74. The van der Waals surface area contributed by atoms with Gasteiger partial charge in [0.25, 0.3) is 0 Å². The van der Waals surface area contributed by atoms with Gasteiger partial charge in [0.2, 0.25) is 5.91 Å². The molecule has 6 heteroatoms. The largest absolute Gasteiger partial charge is 0.380 e. The Kier molecular flexibility index (Phi) is 3.59. The number of nitrogens with one attached hydrogen (secondary N) is 2. The van der Waals surface area contributed by atoms with E-state index in [0.717, 1.165) is 34.6 Å². The number of hydrogen-bond acceptors (Lipinski definition) is 3. The predicted octanol–water partition coefficient (Wildman–Crippen LogP) is 2.74. The SMILES string of the molecule is CCc1nn(C)cc1CNc1cc2c(cc1Cl)NC(=O)C2. The van der Waals surface area contributed by atoms with Gasteiger partial charge in [0.15, 0.2) is 0 Å². The van der Waals surface area contributed by atoms with Gasteiger partial charge in [-0.2, -0.15) is 5.10 Å². The number of rotatable bonds is 4. The average Bonchev–Trinajstić information content (AvgIpc) is 2.97. The molecule has 1 aromatic carbocycles. The second-order valence-electron chi connectivity index (χ2n) is 5.20. The van der Waals surface area contributed by atoms with Gasteiger partial charge in [-0.25, -0.2) is 0 Å². The number of benzene rings is 1. The first-order chi connectivity index (χ1) is 10.1. The fraction of sp³-hybridized carbons (Fsp3) is 0.333. The van der Waals surface area contributed by atoms with Crippen LogP contribution in [-0.4, -0.2) is 15.7 Å². The molecule has 3 rings (SSSR count). The average molecular weight is 305 g/mol. The fourth-order valence-electron chi connectivity index (χ4n) is 2.60. The monoisotopic (exact) mass is 304 g/mol. The molecule has 0 bridgehead atoms. The van der Waals surface area contributed by atoms with Crippen LogP contribution in [-0.2, 0) is 31.2 Å². The number of fused-ring (bicyclic) bond motifs is 1. The molecule has 1 aliphatic rings. The number of anilines is 2. The number of carbonyl (C=O) groups excluding carboxylic acids is 1. The van der Waals surface area contributed by atoms with Gasteiger partial charge in [0.05, 0.1) is 22.8 Å². The Bertz CT molecular complexity index is 708. The minimum absolute atomic E-state index is 0.0127. The number of aromatic nitrogens is 2. The molecule has 110 valence electrons. The van der Waals surface area contributed by atoms with Crippen LogP contribution in [0.15, 0.2) is 18.3 Å². The van der Waals surface area contributed by atoms with E-state index in [9.17, 15) is 4.79 Å². The van der Waals surface area contributed by atoms with Gasteiger partial charge in [0, 0.05) is 31.0 Å². The van der Waals surface area contributed by atoms with Crippen LogP contribution in [0.1, 0.15) is 23.7 Å². The summed E-state index contributed by atoms with van der Waals surface area (Å²) < 4.78 is 1.82. The number of carbonyl (C=O) groups is 1. The van der Waals surface area contributed by atoms with Crippen LogP contribution in [0.5, 0.6) is 0 Å². The highest BCUT2D eigenvalue weighted by Gasteiger charge is 2.19. The van der Waals surface area contributed by atoms with Gasteiger partial charge < -0.3 is 10.6 Å². The zero-order valence-corrected chi connectivity index (χ0v) is 12.8. The van der Waals surface area contributed by atoms with E-state index in [1.165, 1.54) is 0 Å². The number of hydrogen-bond donors (Lipinski definition) is 2. The van der Waals surface area contributed by atoms with Crippen molar-refractivity contribution >= 4 is 28.9 Å². The van der Waals surface area contributed by atoms with E-state index < -0.39 is 0 Å². The van der Waals surface area contributed by atoms with E-state index in [4.69, 9.17) is 11.6 Å². The summed E-state index contributed by atoms with van der Waals surface area (Å²) in [6.45, 7) is 2.75. The molecule has 21 heavy (non-hydrogen) atoms. The topological polar surface area (TPSA) is 59.0 Å². The molecule has 0 atom stereocenters. The van der Waals surface area contributed by atoms with Crippen molar-refractivity contribution in [1.82, 2.24) is 9.78 Å². The van der Waals surface area contributed by atoms with Crippen molar-refractivity contribution in [3.63, 3.8) is 0 Å². The fourth-order valence-corrected chi connectivity index (χ4v) is 2.83. The molecule has 2 aromatic rings. The molecule has 2 N–H and O–H groups in total. The van der Waals surface area contributed by atoms with Crippen molar-refractivity contribution in [3.05, 3.63) is 40.2 Å². The molecule has 0 spiro atoms. The van der Waals surface area contributed by atoms with Crippen molar-refractivity contribution in [2.45, 2.75) is 26.3 Å². The van der Waals surface area contributed by atoms with E-state index in [1.54, 1.807) is 6.07 Å². The van der Waals surface area contributed by atoms with Gasteiger partial charge in [0.1, 0.15) is 0 Å². The van der Waals surface area contributed by atoms with Crippen LogP contribution in [0.3, 0.4) is 0 Å². The Morgan fingerprint density at radius 1 is 1.48 bits per heavy atom. The minimum atomic E-state index is 0.0127. The molecular formula is C15H17ClN4O. The van der Waals surface area contributed by atoms with Crippen LogP contribution in [0, 0.1) is 0 Å². The highest BCUT2D eigenvalue weighted by atomic mass is 35.5. The van der Waals surface area contributed by atoms with Gasteiger partial charge in [-0.3, -0.25) is 9.48 Å². The Hall–Kier alpha value is -2.01. The lowest BCUT2D eigenvalue weighted by Crippen LogP contribution is -2.03. The van der Waals surface area contributed by atoms with Crippen LogP contribution in [0.2, 0.25) is 5.02 Å². The Morgan fingerprint density at radius 2 is 2.29 bits per heavy atom. The van der Waals surface area contributed by atoms with Gasteiger partial charge in [-0.05, 0) is 24.1 Å². The highest BCUT2D eigenvalue weighted by Crippen LogP contribution is 2.33. The lowest BCUT2D eigenvalue weighted by molar-refractivity contribution is -0.115. The first-order valence-corrected chi connectivity index (χ1v) is 7.32. The van der Waals surface area contributed by atoms with Crippen molar-refractivity contribution in [1.29, 1.82) is 0 Å². The van der Waals surface area contributed by atoms with Gasteiger partial charge >= 0.3 is 0 Å². The van der Waals surface area contributed by atoms with E-state index in [1.807, 2.05) is 24.0 Å². The number of amides is 1. The van der Waals surface area contributed by atoms with Crippen molar-refractivity contribution < 1.29 is 4.79 Å². The summed E-state index contributed by atoms with van der Waals surface area (Å²) >= 11 is 6.27. The van der Waals surface area contributed by atoms with E-state index >= 15 is 0 Å². The molecule has 0 saturated carbocycles. The van der Waals surface area contributed by atoms with Gasteiger partial charge in [-0.15, -0.1) is 0 Å². The summed E-state index contributed by atoms with van der Waals surface area (Å²) in [5.74, 6) is 0.0127. The Balaban J connectivity index is 1.79. The normalized spacial score (nSPS) is 13.2. The van der Waals surface area contributed by atoms with Crippen LogP contribution in [0.4, 0.5) is 11.4 Å². The third-order valence-corrected chi connectivity index (χ3v) is 3.93. The Morgan fingerprint density at radius 3 is 3.05 bits per heavy atom. The number of halogens is 1. The van der Waals surface area contributed by atoms with E-state index in [2.05, 4.69) is 22.7 Å². The maximum absolute atomic E-state index is 11.4. The standard InChI is InChI=1S/C15H17ClN4O/c1-3-12-10(8-20(2)19-12)7-17-14-4-9-5-15(21)18-13(9)6-11(14)16/h4,6,8,17H,3,5,7H2,1-2H3,(H,18,21). The first kappa shape index (κ1) is 13.9.